The zero-order chi connectivity index (χ0) is 18.5. The summed E-state index contributed by atoms with van der Waals surface area (Å²) in [4.78, 5) is 46.0. The third-order valence-electron chi connectivity index (χ3n) is 4.76. The van der Waals surface area contributed by atoms with Gasteiger partial charge in [-0.1, -0.05) is 6.07 Å². The molecule has 3 rings (SSSR count). The predicted octanol–water partition coefficient (Wildman–Crippen LogP) is 0.731. The SMILES string of the molecule is CCOC(=O)N1CCN(C(=O)[C@@H]2CC(=O)N(Cc3ccccn3)C2)CC1. The van der Waals surface area contributed by atoms with Crippen molar-refractivity contribution in [1.82, 2.24) is 19.7 Å². The molecule has 140 valence electrons. The molecule has 8 nitrogen and oxygen atoms in total. The number of nitrogens with zero attached hydrogens (tertiary/aromatic N) is 4. The van der Waals surface area contributed by atoms with Gasteiger partial charge in [0.05, 0.1) is 24.8 Å². The van der Waals surface area contributed by atoms with Crippen molar-refractivity contribution in [3.8, 4) is 0 Å². The maximum Gasteiger partial charge on any atom is 0.409 e. The monoisotopic (exact) mass is 360 g/mol. The van der Waals surface area contributed by atoms with Crippen LogP contribution in [0.15, 0.2) is 24.4 Å². The van der Waals surface area contributed by atoms with Crippen LogP contribution in [0.2, 0.25) is 0 Å². The molecular weight excluding hydrogens is 336 g/mol. The van der Waals surface area contributed by atoms with Gasteiger partial charge in [-0.05, 0) is 19.1 Å². The van der Waals surface area contributed by atoms with Gasteiger partial charge in [-0.3, -0.25) is 14.6 Å². The first-order valence-corrected chi connectivity index (χ1v) is 8.96. The Labute approximate surface area is 152 Å². The quantitative estimate of drug-likeness (QED) is 0.791. The van der Waals surface area contributed by atoms with Gasteiger partial charge in [-0.2, -0.15) is 0 Å². The molecule has 0 spiro atoms. The van der Waals surface area contributed by atoms with E-state index < -0.39 is 0 Å². The number of aromatic nitrogens is 1. The summed E-state index contributed by atoms with van der Waals surface area (Å²) in [6.45, 7) is 4.84. The molecule has 1 aromatic rings. The van der Waals surface area contributed by atoms with Crippen molar-refractivity contribution >= 4 is 17.9 Å². The number of likely N-dealkylation sites (tertiary alicyclic amines) is 1. The molecule has 0 aromatic carbocycles. The summed E-state index contributed by atoms with van der Waals surface area (Å²) in [5, 5.41) is 0. The summed E-state index contributed by atoms with van der Waals surface area (Å²) >= 11 is 0. The lowest BCUT2D eigenvalue weighted by atomic mass is 10.1. The molecule has 1 aromatic heterocycles. The van der Waals surface area contributed by atoms with E-state index in [2.05, 4.69) is 4.98 Å². The van der Waals surface area contributed by atoms with E-state index in [1.54, 1.807) is 27.8 Å². The van der Waals surface area contributed by atoms with E-state index in [9.17, 15) is 14.4 Å². The second kappa shape index (κ2) is 8.16. The summed E-state index contributed by atoms with van der Waals surface area (Å²) in [6, 6.07) is 5.59. The van der Waals surface area contributed by atoms with Crippen LogP contribution < -0.4 is 0 Å². The Balaban J connectivity index is 1.51. The van der Waals surface area contributed by atoms with E-state index >= 15 is 0 Å². The molecule has 0 N–H and O–H groups in total. The van der Waals surface area contributed by atoms with Crippen molar-refractivity contribution in [3.63, 3.8) is 0 Å². The number of carbonyl (C=O) groups excluding carboxylic acids is 3. The molecule has 0 bridgehead atoms. The molecule has 3 heterocycles. The minimum atomic E-state index is -0.336. The lowest BCUT2D eigenvalue weighted by Crippen LogP contribution is -2.52. The number of hydrogen-bond donors (Lipinski definition) is 0. The van der Waals surface area contributed by atoms with E-state index in [0.717, 1.165) is 5.69 Å². The van der Waals surface area contributed by atoms with Gasteiger partial charge in [0.15, 0.2) is 0 Å². The molecule has 1 atom stereocenters. The first-order valence-electron chi connectivity index (χ1n) is 8.96. The number of carbonyl (C=O) groups is 3. The van der Waals surface area contributed by atoms with Crippen LogP contribution in [0.1, 0.15) is 19.0 Å². The van der Waals surface area contributed by atoms with Gasteiger partial charge < -0.3 is 19.4 Å². The van der Waals surface area contributed by atoms with Crippen molar-refractivity contribution in [1.29, 1.82) is 0 Å². The third-order valence-corrected chi connectivity index (χ3v) is 4.76. The van der Waals surface area contributed by atoms with E-state index in [1.165, 1.54) is 0 Å². The maximum atomic E-state index is 12.7. The summed E-state index contributed by atoms with van der Waals surface area (Å²) < 4.78 is 4.99. The molecule has 2 aliphatic heterocycles. The van der Waals surface area contributed by atoms with Crippen LogP contribution >= 0.6 is 0 Å². The highest BCUT2D eigenvalue weighted by Crippen LogP contribution is 2.22. The fraction of sp³-hybridized carbons (Fsp3) is 0.556. The van der Waals surface area contributed by atoms with E-state index in [4.69, 9.17) is 4.74 Å². The topological polar surface area (TPSA) is 83.0 Å². The fourth-order valence-corrected chi connectivity index (χ4v) is 3.36. The van der Waals surface area contributed by atoms with Crippen molar-refractivity contribution in [2.75, 3.05) is 39.3 Å². The van der Waals surface area contributed by atoms with Crippen LogP contribution in [0.3, 0.4) is 0 Å². The van der Waals surface area contributed by atoms with E-state index in [1.807, 2.05) is 18.2 Å². The van der Waals surface area contributed by atoms with Gasteiger partial charge >= 0.3 is 6.09 Å². The largest absolute Gasteiger partial charge is 0.450 e. The molecule has 2 saturated heterocycles. The van der Waals surface area contributed by atoms with E-state index in [-0.39, 0.29) is 30.2 Å². The highest BCUT2D eigenvalue weighted by Gasteiger charge is 2.37. The smallest absolute Gasteiger partial charge is 0.409 e. The van der Waals surface area contributed by atoms with Crippen LogP contribution in [0.5, 0.6) is 0 Å². The van der Waals surface area contributed by atoms with Gasteiger partial charge in [0.2, 0.25) is 11.8 Å². The minimum Gasteiger partial charge on any atom is -0.450 e. The molecule has 2 fully saturated rings. The Hall–Kier alpha value is -2.64. The third kappa shape index (κ3) is 4.12. The normalized spacial score (nSPS) is 20.4. The van der Waals surface area contributed by atoms with Crippen LogP contribution in [0, 0.1) is 5.92 Å². The van der Waals surface area contributed by atoms with Crippen molar-refractivity contribution in [2.24, 2.45) is 5.92 Å². The van der Waals surface area contributed by atoms with Gasteiger partial charge in [-0.25, -0.2) is 4.79 Å². The Morgan fingerprint density at radius 2 is 1.92 bits per heavy atom. The predicted molar refractivity (Wildman–Crippen MR) is 92.9 cm³/mol. The van der Waals surface area contributed by atoms with Crippen LogP contribution in [-0.2, 0) is 20.9 Å². The maximum absolute atomic E-state index is 12.7. The molecule has 0 aliphatic carbocycles. The van der Waals surface area contributed by atoms with Gasteiger partial charge in [0.1, 0.15) is 0 Å². The average molecular weight is 360 g/mol. The van der Waals surface area contributed by atoms with Crippen molar-refractivity contribution in [3.05, 3.63) is 30.1 Å². The molecule has 2 aliphatic rings. The van der Waals surface area contributed by atoms with Gasteiger partial charge in [0.25, 0.3) is 0 Å². The van der Waals surface area contributed by atoms with Crippen LogP contribution in [0.25, 0.3) is 0 Å². The second-order valence-electron chi connectivity index (χ2n) is 6.51. The molecular formula is C18H24N4O4. The summed E-state index contributed by atoms with van der Waals surface area (Å²) in [6.07, 6.45) is 1.60. The number of piperazine rings is 1. The number of hydrogen-bond acceptors (Lipinski definition) is 5. The minimum absolute atomic E-state index is 0.00891. The van der Waals surface area contributed by atoms with Crippen molar-refractivity contribution < 1.29 is 19.1 Å². The fourth-order valence-electron chi connectivity index (χ4n) is 3.36. The summed E-state index contributed by atoms with van der Waals surface area (Å²) in [7, 11) is 0. The number of pyridine rings is 1. The standard InChI is InChI=1S/C18H24N4O4/c1-2-26-18(25)21-9-7-20(8-10-21)17(24)14-11-16(23)22(12-14)13-15-5-3-4-6-19-15/h3-6,14H,2,7-13H2,1H3/t14-/m1/s1. The average Bonchev–Trinajstić information content (AvgIpc) is 3.03. The molecule has 26 heavy (non-hydrogen) atoms. The van der Waals surface area contributed by atoms with Crippen LogP contribution in [-0.4, -0.2) is 76.9 Å². The first-order chi connectivity index (χ1) is 12.6. The Kier molecular flexibility index (Phi) is 5.70. The zero-order valence-corrected chi connectivity index (χ0v) is 15.0. The Morgan fingerprint density at radius 1 is 1.19 bits per heavy atom. The van der Waals surface area contributed by atoms with Gasteiger partial charge in [-0.15, -0.1) is 0 Å². The molecule has 0 radical (unpaired) electrons. The van der Waals surface area contributed by atoms with Gasteiger partial charge in [0, 0.05) is 45.3 Å². The van der Waals surface area contributed by atoms with Crippen LogP contribution in [0.4, 0.5) is 4.79 Å². The zero-order valence-electron chi connectivity index (χ0n) is 15.0. The molecule has 0 saturated carbocycles. The Morgan fingerprint density at radius 3 is 2.58 bits per heavy atom. The summed E-state index contributed by atoms with van der Waals surface area (Å²) in [5.41, 5.74) is 0.817. The lowest BCUT2D eigenvalue weighted by Gasteiger charge is -2.35. The first kappa shape index (κ1) is 18.2. The molecule has 0 unspecified atom stereocenters. The summed E-state index contributed by atoms with van der Waals surface area (Å²) in [5.74, 6) is -0.343. The molecule has 3 amide bonds. The number of amides is 3. The second-order valence-corrected chi connectivity index (χ2v) is 6.51. The molecule has 8 heteroatoms. The highest BCUT2D eigenvalue weighted by atomic mass is 16.6. The van der Waals surface area contributed by atoms with E-state index in [0.29, 0.717) is 45.9 Å². The number of ether oxygens (including phenoxy) is 1. The number of rotatable bonds is 4. The highest BCUT2D eigenvalue weighted by molar-refractivity contribution is 5.89. The lowest BCUT2D eigenvalue weighted by molar-refractivity contribution is -0.137. The van der Waals surface area contributed by atoms with Crippen molar-refractivity contribution in [2.45, 2.75) is 19.9 Å². The Bertz CT molecular complexity index is 658.